The van der Waals surface area contributed by atoms with Crippen molar-refractivity contribution in [2.24, 2.45) is 0 Å². The highest BCUT2D eigenvalue weighted by molar-refractivity contribution is 9.10. The van der Waals surface area contributed by atoms with Crippen LogP contribution in [0.4, 0.5) is 5.00 Å². The molecular formula is C26H26BrNO5S. The van der Waals surface area contributed by atoms with E-state index in [2.05, 4.69) is 21.2 Å². The van der Waals surface area contributed by atoms with Gasteiger partial charge in [0.2, 0.25) is 5.91 Å². The number of carbonyl (C=O) groups excluding carboxylic acids is 2. The van der Waals surface area contributed by atoms with Crippen LogP contribution in [0.5, 0.6) is 11.5 Å². The molecule has 178 valence electrons. The molecule has 0 aliphatic carbocycles. The fraction of sp³-hybridized carbons (Fsp3) is 0.231. The summed E-state index contributed by atoms with van der Waals surface area (Å²) < 4.78 is 17.3. The van der Waals surface area contributed by atoms with E-state index in [1.807, 2.05) is 50.2 Å². The molecule has 1 amide bonds. The highest BCUT2D eigenvalue weighted by Gasteiger charge is 2.21. The topological polar surface area (TPSA) is 73.9 Å². The largest absolute Gasteiger partial charge is 0.493 e. The molecule has 3 aromatic rings. The van der Waals surface area contributed by atoms with Gasteiger partial charge in [-0.3, -0.25) is 4.79 Å². The molecule has 0 radical (unpaired) electrons. The highest BCUT2D eigenvalue weighted by Crippen LogP contribution is 2.38. The second kappa shape index (κ2) is 11.9. The Morgan fingerprint density at radius 3 is 2.56 bits per heavy atom. The number of hydrogen-bond donors (Lipinski definition) is 1. The first kappa shape index (κ1) is 25.5. The van der Waals surface area contributed by atoms with Crippen LogP contribution in [0.2, 0.25) is 0 Å². The van der Waals surface area contributed by atoms with Crippen molar-refractivity contribution in [3.63, 3.8) is 0 Å². The summed E-state index contributed by atoms with van der Waals surface area (Å²) in [6, 6.07) is 13.5. The van der Waals surface area contributed by atoms with Gasteiger partial charge in [0.15, 0.2) is 11.5 Å². The van der Waals surface area contributed by atoms with Crippen LogP contribution < -0.4 is 14.8 Å². The summed E-state index contributed by atoms with van der Waals surface area (Å²) in [5, 5.41) is 3.28. The van der Waals surface area contributed by atoms with Crippen LogP contribution in [0.15, 0.2) is 53.0 Å². The number of anilines is 1. The van der Waals surface area contributed by atoms with Crippen LogP contribution >= 0.6 is 27.3 Å². The van der Waals surface area contributed by atoms with Gasteiger partial charge in [0.05, 0.1) is 23.8 Å². The minimum Gasteiger partial charge on any atom is -0.493 e. The maximum Gasteiger partial charge on any atom is 0.341 e. The summed E-state index contributed by atoms with van der Waals surface area (Å²) in [5.41, 5.74) is 2.99. The Morgan fingerprint density at radius 1 is 1.15 bits per heavy atom. The molecule has 6 nitrogen and oxygen atoms in total. The molecule has 1 aromatic heterocycles. The van der Waals surface area contributed by atoms with Crippen molar-refractivity contribution in [3.8, 4) is 11.5 Å². The Balaban J connectivity index is 1.74. The molecule has 0 bridgehead atoms. The molecule has 0 saturated heterocycles. The zero-order valence-corrected chi connectivity index (χ0v) is 21.8. The third kappa shape index (κ3) is 6.27. The van der Waals surface area contributed by atoms with Crippen LogP contribution in [0.1, 0.15) is 38.8 Å². The van der Waals surface area contributed by atoms with E-state index in [9.17, 15) is 9.59 Å². The van der Waals surface area contributed by atoms with Gasteiger partial charge < -0.3 is 19.5 Å². The average molecular weight is 544 g/mol. The van der Waals surface area contributed by atoms with Crippen LogP contribution in [0, 0.1) is 13.8 Å². The van der Waals surface area contributed by atoms with Gasteiger partial charge >= 0.3 is 5.97 Å². The highest BCUT2D eigenvalue weighted by atomic mass is 79.9. The van der Waals surface area contributed by atoms with Gasteiger partial charge in [-0.2, -0.15) is 0 Å². The molecule has 0 spiro atoms. The molecular weight excluding hydrogens is 518 g/mol. The summed E-state index contributed by atoms with van der Waals surface area (Å²) in [6.07, 6.45) is 3.08. The number of esters is 1. The first-order chi connectivity index (χ1) is 16.3. The number of amides is 1. The predicted octanol–water partition coefficient (Wildman–Crippen LogP) is 6.54. The number of hydrogen-bond acceptors (Lipinski definition) is 6. The number of halogens is 1. The van der Waals surface area contributed by atoms with E-state index in [-0.39, 0.29) is 12.5 Å². The molecule has 34 heavy (non-hydrogen) atoms. The van der Waals surface area contributed by atoms with Gasteiger partial charge in [-0.25, -0.2) is 4.79 Å². The normalized spacial score (nSPS) is 10.9. The predicted molar refractivity (Wildman–Crippen MR) is 139 cm³/mol. The number of nitrogens with one attached hydrogen (secondary N) is 1. The minimum atomic E-state index is -0.441. The van der Waals surface area contributed by atoms with Crippen molar-refractivity contribution in [1.29, 1.82) is 0 Å². The Labute approximate surface area is 211 Å². The van der Waals surface area contributed by atoms with Crippen LogP contribution in [-0.2, 0) is 16.1 Å². The second-order valence-electron chi connectivity index (χ2n) is 7.34. The Bertz CT molecular complexity index is 1200. The van der Waals surface area contributed by atoms with Crippen molar-refractivity contribution in [2.45, 2.75) is 27.4 Å². The van der Waals surface area contributed by atoms with Crippen molar-refractivity contribution in [2.75, 3.05) is 19.0 Å². The molecule has 2 aromatic carbocycles. The smallest absolute Gasteiger partial charge is 0.341 e. The third-order valence-electron chi connectivity index (χ3n) is 5.01. The van der Waals surface area contributed by atoms with Crippen LogP contribution in [0.25, 0.3) is 6.08 Å². The first-order valence-electron chi connectivity index (χ1n) is 10.6. The van der Waals surface area contributed by atoms with E-state index in [4.69, 9.17) is 14.2 Å². The van der Waals surface area contributed by atoms with Gasteiger partial charge in [0.1, 0.15) is 11.6 Å². The Morgan fingerprint density at radius 2 is 1.88 bits per heavy atom. The summed E-state index contributed by atoms with van der Waals surface area (Å²) >= 11 is 4.88. The lowest BCUT2D eigenvalue weighted by Crippen LogP contribution is -2.12. The first-order valence-corrected chi connectivity index (χ1v) is 12.2. The van der Waals surface area contributed by atoms with Crippen molar-refractivity contribution >= 4 is 50.2 Å². The molecule has 3 rings (SSSR count). The Hall–Kier alpha value is -3.10. The summed E-state index contributed by atoms with van der Waals surface area (Å²) in [5.74, 6) is 0.325. The molecule has 0 unspecified atom stereocenters. The molecule has 8 heteroatoms. The number of ether oxygens (including phenoxy) is 3. The third-order valence-corrected chi connectivity index (χ3v) is 6.72. The molecule has 0 fully saturated rings. The van der Waals surface area contributed by atoms with E-state index in [0.29, 0.717) is 33.1 Å². The molecule has 0 atom stereocenters. The van der Waals surface area contributed by atoms with Gasteiger partial charge in [0.25, 0.3) is 0 Å². The fourth-order valence-corrected chi connectivity index (χ4v) is 4.82. The number of thiophene rings is 1. The lowest BCUT2D eigenvalue weighted by Gasteiger charge is -2.13. The van der Waals surface area contributed by atoms with E-state index in [1.54, 1.807) is 26.2 Å². The van der Waals surface area contributed by atoms with Gasteiger partial charge in [-0.15, -0.1) is 11.3 Å². The summed E-state index contributed by atoms with van der Waals surface area (Å²) in [4.78, 5) is 25.9. The Kier molecular flexibility index (Phi) is 8.90. The van der Waals surface area contributed by atoms with E-state index in [0.717, 1.165) is 21.6 Å². The van der Waals surface area contributed by atoms with Crippen LogP contribution in [-0.4, -0.2) is 25.6 Å². The van der Waals surface area contributed by atoms with Crippen molar-refractivity contribution in [1.82, 2.24) is 0 Å². The van der Waals surface area contributed by atoms with Crippen LogP contribution in [0.3, 0.4) is 0 Å². The number of rotatable bonds is 9. The van der Waals surface area contributed by atoms with Gasteiger partial charge in [-0.1, -0.05) is 30.3 Å². The second-order valence-corrected chi connectivity index (χ2v) is 9.42. The van der Waals surface area contributed by atoms with Crippen molar-refractivity contribution in [3.05, 3.63) is 80.1 Å². The monoisotopic (exact) mass is 543 g/mol. The number of benzene rings is 2. The average Bonchev–Trinajstić information content (AvgIpc) is 3.10. The van der Waals surface area contributed by atoms with Gasteiger partial charge in [-0.05, 0) is 71.6 Å². The van der Waals surface area contributed by atoms with E-state index >= 15 is 0 Å². The number of aryl methyl sites for hydroxylation is 1. The maximum absolute atomic E-state index is 12.6. The fourth-order valence-electron chi connectivity index (χ4n) is 3.20. The minimum absolute atomic E-state index is 0.266. The van der Waals surface area contributed by atoms with Gasteiger partial charge in [0, 0.05) is 11.0 Å². The summed E-state index contributed by atoms with van der Waals surface area (Å²) in [7, 11) is 1.57. The zero-order chi connectivity index (χ0) is 24.7. The zero-order valence-electron chi connectivity index (χ0n) is 19.4. The number of carbonyl (C=O) groups is 2. The maximum atomic E-state index is 12.6. The molecule has 0 saturated carbocycles. The molecule has 1 heterocycles. The SMILES string of the molecule is CCOC(=O)c1c(NC(=O)C=Cc2cc(Br)c(OCc3ccccc3)c(OC)c2)sc(C)c1C. The molecule has 1 N–H and O–H groups in total. The molecule has 0 aliphatic heterocycles. The lowest BCUT2D eigenvalue weighted by molar-refractivity contribution is -0.111. The quantitative estimate of drug-likeness (QED) is 0.245. The lowest BCUT2D eigenvalue weighted by atomic mass is 10.1. The standard InChI is InChI=1S/C26H26BrNO5S/c1-5-32-26(30)23-16(2)17(3)34-25(23)28-22(29)12-11-19-13-20(27)24(21(14-19)31-4)33-15-18-9-7-6-8-10-18/h6-14H,5,15H2,1-4H3,(H,28,29). The number of methoxy groups -OCH3 is 1. The van der Waals surface area contributed by atoms with Crippen molar-refractivity contribution < 1.29 is 23.8 Å². The van der Waals surface area contributed by atoms with E-state index < -0.39 is 5.97 Å². The molecule has 0 aliphatic rings. The summed E-state index contributed by atoms with van der Waals surface area (Å²) in [6.45, 7) is 6.16. The van der Waals surface area contributed by atoms with E-state index in [1.165, 1.54) is 17.4 Å².